The number of aryl methyl sites for hydroxylation is 1. The number of carboxylic acids is 1. The summed E-state index contributed by atoms with van der Waals surface area (Å²) in [5, 5.41) is 11.9. The van der Waals surface area contributed by atoms with Crippen LogP contribution in [0, 0.1) is 12.8 Å². The van der Waals surface area contributed by atoms with Crippen LogP contribution in [0.2, 0.25) is 0 Å². The molecule has 0 saturated carbocycles. The molecule has 126 valence electrons. The highest BCUT2D eigenvalue weighted by Gasteiger charge is 2.30. The Balaban J connectivity index is 2.10. The van der Waals surface area contributed by atoms with Crippen molar-refractivity contribution in [3.8, 4) is 0 Å². The van der Waals surface area contributed by atoms with Crippen LogP contribution in [0.4, 0.5) is 0 Å². The second-order valence-corrected chi connectivity index (χ2v) is 8.25. The number of aliphatic carboxylic acids is 1. The van der Waals surface area contributed by atoms with Gasteiger partial charge in [-0.2, -0.15) is 0 Å². The standard InChI is InChI=1S/C16H21NO5S/c1-11-4-2-3-5-13(11)14(10-15(18)19)17-16(20)12-6-8-23(21,22)9-7-12/h2-5,12,14H,6-10H2,1H3,(H,17,20)(H,18,19). The number of amides is 1. The quantitative estimate of drug-likeness (QED) is 0.846. The number of benzene rings is 1. The third-order valence-corrected chi connectivity index (χ3v) is 5.90. The molecular weight excluding hydrogens is 318 g/mol. The molecule has 23 heavy (non-hydrogen) atoms. The molecule has 7 heteroatoms. The molecule has 1 aromatic carbocycles. The van der Waals surface area contributed by atoms with E-state index in [1.165, 1.54) is 0 Å². The third kappa shape index (κ3) is 4.79. The summed E-state index contributed by atoms with van der Waals surface area (Å²) in [6.45, 7) is 1.86. The molecule has 1 aliphatic rings. The Kier molecular flexibility index (Phi) is 5.41. The van der Waals surface area contributed by atoms with Gasteiger partial charge in [0.15, 0.2) is 0 Å². The fraction of sp³-hybridized carbons (Fsp3) is 0.500. The summed E-state index contributed by atoms with van der Waals surface area (Å²) in [4.78, 5) is 23.5. The zero-order chi connectivity index (χ0) is 17.0. The molecule has 1 amide bonds. The van der Waals surface area contributed by atoms with Gasteiger partial charge in [-0.15, -0.1) is 0 Å². The largest absolute Gasteiger partial charge is 0.481 e. The maximum atomic E-state index is 12.4. The van der Waals surface area contributed by atoms with Crippen LogP contribution in [-0.2, 0) is 19.4 Å². The molecule has 1 aromatic rings. The lowest BCUT2D eigenvalue weighted by Crippen LogP contribution is -2.39. The first-order chi connectivity index (χ1) is 10.8. The van der Waals surface area contributed by atoms with E-state index in [2.05, 4.69) is 5.32 Å². The monoisotopic (exact) mass is 339 g/mol. The molecule has 0 radical (unpaired) electrons. The second kappa shape index (κ2) is 7.12. The molecule has 0 aromatic heterocycles. The normalized spacial score (nSPS) is 19.0. The summed E-state index contributed by atoms with van der Waals surface area (Å²) in [5.74, 6) is -1.61. The number of rotatable bonds is 5. The zero-order valence-electron chi connectivity index (χ0n) is 13.0. The lowest BCUT2D eigenvalue weighted by molar-refractivity contribution is -0.138. The predicted molar refractivity (Wildman–Crippen MR) is 85.7 cm³/mol. The van der Waals surface area contributed by atoms with Crippen LogP contribution in [-0.4, -0.2) is 36.9 Å². The molecule has 6 nitrogen and oxygen atoms in total. The Bertz CT molecular complexity index is 684. The first-order valence-corrected chi connectivity index (χ1v) is 9.39. The minimum absolute atomic E-state index is 0.0129. The number of nitrogens with one attached hydrogen (secondary N) is 1. The minimum atomic E-state index is -3.03. The SMILES string of the molecule is Cc1ccccc1C(CC(=O)O)NC(=O)C1CCS(=O)(=O)CC1. The van der Waals surface area contributed by atoms with E-state index in [0.717, 1.165) is 11.1 Å². The lowest BCUT2D eigenvalue weighted by Gasteiger charge is -2.25. The van der Waals surface area contributed by atoms with Crippen molar-refractivity contribution in [1.29, 1.82) is 0 Å². The van der Waals surface area contributed by atoms with Crippen molar-refractivity contribution in [2.24, 2.45) is 5.92 Å². The molecule has 0 spiro atoms. The Morgan fingerprint density at radius 1 is 1.26 bits per heavy atom. The summed E-state index contributed by atoms with van der Waals surface area (Å²) in [6.07, 6.45) is 0.380. The van der Waals surface area contributed by atoms with Crippen molar-refractivity contribution in [2.45, 2.75) is 32.2 Å². The van der Waals surface area contributed by atoms with Gasteiger partial charge >= 0.3 is 5.97 Å². The van der Waals surface area contributed by atoms with Crippen molar-refractivity contribution in [1.82, 2.24) is 5.32 Å². The van der Waals surface area contributed by atoms with Crippen molar-refractivity contribution < 1.29 is 23.1 Å². The molecule has 1 saturated heterocycles. The van der Waals surface area contributed by atoms with Crippen LogP contribution in [0.3, 0.4) is 0 Å². The van der Waals surface area contributed by atoms with Crippen molar-refractivity contribution in [3.05, 3.63) is 35.4 Å². The summed E-state index contributed by atoms with van der Waals surface area (Å²) in [7, 11) is -3.03. The van der Waals surface area contributed by atoms with E-state index in [0.29, 0.717) is 12.8 Å². The molecule has 0 bridgehead atoms. The molecule has 0 aliphatic carbocycles. The van der Waals surface area contributed by atoms with Crippen molar-refractivity contribution >= 4 is 21.7 Å². The third-order valence-electron chi connectivity index (χ3n) is 4.18. The van der Waals surface area contributed by atoms with Gasteiger partial charge < -0.3 is 10.4 Å². The topological polar surface area (TPSA) is 101 Å². The van der Waals surface area contributed by atoms with Crippen LogP contribution in [0.25, 0.3) is 0 Å². The molecule has 1 unspecified atom stereocenters. The van der Waals surface area contributed by atoms with Crippen molar-refractivity contribution in [2.75, 3.05) is 11.5 Å². The second-order valence-electron chi connectivity index (χ2n) is 5.94. The van der Waals surface area contributed by atoms with E-state index in [-0.39, 0.29) is 29.8 Å². The molecule has 2 rings (SSSR count). The highest BCUT2D eigenvalue weighted by atomic mass is 32.2. The van der Waals surface area contributed by atoms with Crippen LogP contribution < -0.4 is 5.32 Å². The van der Waals surface area contributed by atoms with Gasteiger partial charge in [-0.25, -0.2) is 8.42 Å². The number of sulfone groups is 1. The van der Waals surface area contributed by atoms with E-state index < -0.39 is 21.8 Å². The molecule has 1 aliphatic heterocycles. The van der Waals surface area contributed by atoms with E-state index in [1.54, 1.807) is 12.1 Å². The summed E-state index contributed by atoms with van der Waals surface area (Å²) >= 11 is 0. The predicted octanol–water partition coefficient (Wildman–Crippen LogP) is 1.45. The zero-order valence-corrected chi connectivity index (χ0v) is 13.8. The van der Waals surface area contributed by atoms with Crippen LogP contribution in [0.5, 0.6) is 0 Å². The highest BCUT2D eigenvalue weighted by molar-refractivity contribution is 7.91. The lowest BCUT2D eigenvalue weighted by atomic mass is 9.96. The maximum absolute atomic E-state index is 12.4. The molecule has 1 fully saturated rings. The average molecular weight is 339 g/mol. The van der Waals surface area contributed by atoms with Gasteiger partial charge in [0.2, 0.25) is 5.91 Å². The fourth-order valence-corrected chi connectivity index (χ4v) is 4.32. The van der Waals surface area contributed by atoms with Gasteiger partial charge in [0.1, 0.15) is 9.84 Å². The van der Waals surface area contributed by atoms with E-state index in [9.17, 15) is 18.0 Å². The number of hydrogen-bond donors (Lipinski definition) is 2. The summed E-state index contributed by atoms with van der Waals surface area (Å²) in [5.41, 5.74) is 1.68. The van der Waals surface area contributed by atoms with Gasteiger partial charge in [-0.05, 0) is 30.9 Å². The van der Waals surface area contributed by atoms with E-state index in [1.807, 2.05) is 19.1 Å². The van der Waals surface area contributed by atoms with Crippen LogP contribution >= 0.6 is 0 Å². The van der Waals surface area contributed by atoms with E-state index in [4.69, 9.17) is 5.11 Å². The number of hydrogen-bond acceptors (Lipinski definition) is 4. The summed E-state index contributed by atoms with van der Waals surface area (Å²) < 4.78 is 22.9. The number of carbonyl (C=O) groups excluding carboxylic acids is 1. The Labute approximate surface area is 135 Å². The van der Waals surface area contributed by atoms with Gasteiger partial charge in [0.05, 0.1) is 24.0 Å². The van der Waals surface area contributed by atoms with Crippen molar-refractivity contribution in [3.63, 3.8) is 0 Å². The van der Waals surface area contributed by atoms with Gasteiger partial charge in [-0.3, -0.25) is 9.59 Å². The molecule has 2 N–H and O–H groups in total. The van der Waals surface area contributed by atoms with Gasteiger partial charge in [-0.1, -0.05) is 24.3 Å². The Morgan fingerprint density at radius 3 is 2.43 bits per heavy atom. The first kappa shape index (κ1) is 17.5. The molecule has 1 atom stereocenters. The maximum Gasteiger partial charge on any atom is 0.305 e. The minimum Gasteiger partial charge on any atom is -0.481 e. The first-order valence-electron chi connectivity index (χ1n) is 7.56. The van der Waals surface area contributed by atoms with Gasteiger partial charge in [0.25, 0.3) is 0 Å². The number of carboxylic acid groups (broad SMARTS) is 1. The van der Waals surface area contributed by atoms with E-state index >= 15 is 0 Å². The molecule has 1 heterocycles. The average Bonchev–Trinajstić information content (AvgIpc) is 2.46. The highest BCUT2D eigenvalue weighted by Crippen LogP contribution is 2.24. The van der Waals surface area contributed by atoms with Crippen LogP contribution in [0.15, 0.2) is 24.3 Å². The fourth-order valence-electron chi connectivity index (χ4n) is 2.83. The molecular formula is C16H21NO5S. The number of carbonyl (C=O) groups is 2. The Morgan fingerprint density at radius 2 is 1.87 bits per heavy atom. The Hall–Kier alpha value is -1.89. The van der Waals surface area contributed by atoms with Crippen LogP contribution in [0.1, 0.15) is 36.4 Å². The smallest absolute Gasteiger partial charge is 0.305 e. The van der Waals surface area contributed by atoms with Gasteiger partial charge in [0, 0.05) is 5.92 Å². The summed E-state index contributed by atoms with van der Waals surface area (Å²) in [6, 6.07) is 6.71.